The number of rotatable bonds is 1. The molecule has 2 aliphatic carbocycles. The minimum Gasteiger partial charge on any atom is -0.467 e. The van der Waals surface area contributed by atoms with Crippen molar-refractivity contribution in [2.24, 2.45) is 11.8 Å². The van der Waals surface area contributed by atoms with Crippen molar-refractivity contribution in [3.05, 3.63) is 0 Å². The number of fused-ring (bicyclic) bond motifs is 1. The SMILES string of the molecule is COC(=O)C1(O)C[C@@H]2CCCCC[C@H]2C1. The number of carbonyl (C=O) groups excluding carboxylic acids is 1. The van der Waals surface area contributed by atoms with Gasteiger partial charge in [0.1, 0.15) is 0 Å². The lowest BCUT2D eigenvalue weighted by Gasteiger charge is -2.19. The van der Waals surface area contributed by atoms with E-state index in [0.29, 0.717) is 24.7 Å². The van der Waals surface area contributed by atoms with Crippen molar-refractivity contribution >= 4 is 5.97 Å². The maximum absolute atomic E-state index is 11.5. The Morgan fingerprint density at radius 2 is 1.73 bits per heavy atom. The van der Waals surface area contributed by atoms with Crippen LogP contribution in [0.3, 0.4) is 0 Å². The molecule has 0 aromatic heterocycles. The summed E-state index contributed by atoms with van der Waals surface area (Å²) in [5.74, 6) is 0.642. The van der Waals surface area contributed by atoms with Gasteiger partial charge >= 0.3 is 5.97 Å². The van der Waals surface area contributed by atoms with E-state index in [-0.39, 0.29) is 0 Å². The Morgan fingerprint density at radius 3 is 2.20 bits per heavy atom. The van der Waals surface area contributed by atoms with Crippen molar-refractivity contribution in [2.75, 3.05) is 7.11 Å². The quantitative estimate of drug-likeness (QED) is 0.675. The van der Waals surface area contributed by atoms with Crippen LogP contribution in [0.15, 0.2) is 0 Å². The monoisotopic (exact) mass is 212 g/mol. The van der Waals surface area contributed by atoms with Gasteiger partial charge in [-0.15, -0.1) is 0 Å². The lowest BCUT2D eigenvalue weighted by atomic mass is 9.92. The van der Waals surface area contributed by atoms with E-state index in [1.807, 2.05) is 0 Å². The Kier molecular flexibility index (Phi) is 3.01. The number of carbonyl (C=O) groups is 1. The number of methoxy groups -OCH3 is 1. The van der Waals surface area contributed by atoms with Gasteiger partial charge in [0.2, 0.25) is 0 Å². The van der Waals surface area contributed by atoms with Gasteiger partial charge in [-0.2, -0.15) is 0 Å². The van der Waals surface area contributed by atoms with Gasteiger partial charge in [0.15, 0.2) is 5.60 Å². The number of hydrogen-bond acceptors (Lipinski definition) is 3. The van der Waals surface area contributed by atoms with Gasteiger partial charge in [-0.05, 0) is 24.7 Å². The minimum absolute atomic E-state index is 0.435. The standard InChI is InChI=1S/C12H20O3/c1-15-11(13)12(14)7-9-5-3-2-4-6-10(9)8-12/h9-10,14H,2-8H2,1H3/t9-,10-/m0/s1. The molecule has 2 saturated carbocycles. The fourth-order valence-electron chi connectivity index (χ4n) is 3.31. The molecule has 15 heavy (non-hydrogen) atoms. The molecule has 0 unspecified atom stereocenters. The summed E-state index contributed by atoms with van der Waals surface area (Å²) in [5, 5.41) is 10.2. The first-order chi connectivity index (χ1) is 7.15. The molecule has 0 amide bonds. The molecule has 1 N–H and O–H groups in total. The molecule has 0 aromatic carbocycles. The van der Waals surface area contributed by atoms with E-state index in [2.05, 4.69) is 4.74 Å². The molecule has 0 bridgehead atoms. The van der Waals surface area contributed by atoms with Crippen LogP contribution in [-0.2, 0) is 9.53 Å². The molecule has 0 aliphatic heterocycles. The first-order valence-corrected chi connectivity index (χ1v) is 5.96. The van der Waals surface area contributed by atoms with E-state index >= 15 is 0 Å². The van der Waals surface area contributed by atoms with Crippen LogP contribution in [0, 0.1) is 11.8 Å². The summed E-state index contributed by atoms with van der Waals surface area (Å²) in [5.41, 5.74) is -1.18. The number of aliphatic hydroxyl groups is 1. The molecule has 3 heteroatoms. The Bertz CT molecular complexity index is 235. The van der Waals surface area contributed by atoms with Crippen LogP contribution >= 0.6 is 0 Å². The van der Waals surface area contributed by atoms with Gasteiger partial charge in [0.25, 0.3) is 0 Å². The highest BCUT2D eigenvalue weighted by Crippen LogP contribution is 2.46. The largest absolute Gasteiger partial charge is 0.467 e. The number of ether oxygens (including phenoxy) is 1. The van der Waals surface area contributed by atoms with Crippen LogP contribution in [0.4, 0.5) is 0 Å². The molecular weight excluding hydrogens is 192 g/mol. The van der Waals surface area contributed by atoms with E-state index in [1.54, 1.807) is 0 Å². The second-order valence-corrected chi connectivity index (χ2v) is 5.09. The zero-order chi connectivity index (χ0) is 10.9. The van der Waals surface area contributed by atoms with Crippen molar-refractivity contribution in [3.8, 4) is 0 Å². The summed E-state index contributed by atoms with van der Waals surface area (Å²) in [6.45, 7) is 0. The third kappa shape index (κ3) is 2.03. The van der Waals surface area contributed by atoms with Gasteiger partial charge < -0.3 is 9.84 Å². The molecule has 0 radical (unpaired) electrons. The highest BCUT2D eigenvalue weighted by Gasteiger charge is 2.49. The molecule has 0 aromatic rings. The maximum atomic E-state index is 11.5. The lowest BCUT2D eigenvalue weighted by Crippen LogP contribution is -2.37. The third-order valence-corrected chi connectivity index (χ3v) is 4.08. The van der Waals surface area contributed by atoms with Gasteiger partial charge in [-0.25, -0.2) is 4.79 Å². The number of hydrogen-bond donors (Lipinski definition) is 1. The molecular formula is C12H20O3. The Labute approximate surface area is 90.8 Å². The fourth-order valence-corrected chi connectivity index (χ4v) is 3.31. The summed E-state index contributed by atoms with van der Waals surface area (Å²) < 4.78 is 4.69. The molecule has 2 aliphatic rings. The molecule has 0 spiro atoms. The van der Waals surface area contributed by atoms with E-state index in [4.69, 9.17) is 0 Å². The average molecular weight is 212 g/mol. The van der Waals surface area contributed by atoms with E-state index < -0.39 is 11.6 Å². The van der Waals surface area contributed by atoms with Gasteiger partial charge in [-0.1, -0.05) is 32.1 Å². The smallest absolute Gasteiger partial charge is 0.337 e. The third-order valence-electron chi connectivity index (χ3n) is 4.08. The molecule has 0 saturated heterocycles. The minimum atomic E-state index is -1.18. The van der Waals surface area contributed by atoms with Crippen molar-refractivity contribution in [3.63, 3.8) is 0 Å². The maximum Gasteiger partial charge on any atom is 0.337 e. The van der Waals surface area contributed by atoms with Crippen LogP contribution in [-0.4, -0.2) is 23.8 Å². The predicted octanol–water partition coefficient (Wildman–Crippen LogP) is 1.88. The van der Waals surface area contributed by atoms with E-state index in [1.165, 1.54) is 39.2 Å². The Hall–Kier alpha value is -0.570. The van der Waals surface area contributed by atoms with Gasteiger partial charge in [-0.3, -0.25) is 0 Å². The highest BCUT2D eigenvalue weighted by molar-refractivity contribution is 5.79. The normalized spacial score (nSPS) is 34.3. The summed E-state index contributed by atoms with van der Waals surface area (Å²) in [6, 6.07) is 0. The summed E-state index contributed by atoms with van der Waals surface area (Å²) in [7, 11) is 1.36. The molecule has 0 heterocycles. The molecule has 86 valence electrons. The fraction of sp³-hybridized carbons (Fsp3) is 0.917. The van der Waals surface area contributed by atoms with Crippen LogP contribution in [0.25, 0.3) is 0 Å². The predicted molar refractivity (Wildman–Crippen MR) is 56.3 cm³/mol. The first-order valence-electron chi connectivity index (χ1n) is 5.96. The highest BCUT2D eigenvalue weighted by atomic mass is 16.5. The lowest BCUT2D eigenvalue weighted by molar-refractivity contribution is -0.162. The Balaban J connectivity index is 2.06. The zero-order valence-corrected chi connectivity index (χ0v) is 9.37. The average Bonchev–Trinajstić information content (AvgIpc) is 2.41. The van der Waals surface area contributed by atoms with Crippen molar-refractivity contribution in [2.45, 2.75) is 50.5 Å². The molecule has 2 rings (SSSR count). The summed E-state index contributed by atoms with van der Waals surface area (Å²) >= 11 is 0. The molecule has 2 atom stereocenters. The molecule has 2 fully saturated rings. The van der Waals surface area contributed by atoms with Crippen molar-refractivity contribution in [1.82, 2.24) is 0 Å². The van der Waals surface area contributed by atoms with Crippen LogP contribution in [0.5, 0.6) is 0 Å². The second-order valence-electron chi connectivity index (χ2n) is 5.09. The first kappa shape index (κ1) is 10.9. The van der Waals surface area contributed by atoms with Crippen LogP contribution in [0.1, 0.15) is 44.9 Å². The summed E-state index contributed by atoms with van der Waals surface area (Å²) in [6.07, 6.45) is 7.38. The van der Waals surface area contributed by atoms with Crippen molar-refractivity contribution < 1.29 is 14.6 Å². The van der Waals surface area contributed by atoms with E-state index in [9.17, 15) is 9.90 Å². The molecule has 3 nitrogen and oxygen atoms in total. The zero-order valence-electron chi connectivity index (χ0n) is 9.37. The Morgan fingerprint density at radius 1 is 1.20 bits per heavy atom. The number of esters is 1. The second kappa shape index (κ2) is 4.12. The van der Waals surface area contributed by atoms with Crippen molar-refractivity contribution in [1.29, 1.82) is 0 Å². The van der Waals surface area contributed by atoms with Crippen LogP contribution in [0.2, 0.25) is 0 Å². The van der Waals surface area contributed by atoms with E-state index in [0.717, 1.165) is 0 Å². The van der Waals surface area contributed by atoms with Gasteiger partial charge in [0, 0.05) is 0 Å². The topological polar surface area (TPSA) is 46.5 Å². The van der Waals surface area contributed by atoms with Gasteiger partial charge in [0.05, 0.1) is 7.11 Å². The summed E-state index contributed by atoms with van der Waals surface area (Å²) in [4.78, 5) is 11.5. The van der Waals surface area contributed by atoms with Crippen LogP contribution < -0.4 is 0 Å².